The molecule has 5 aromatic rings. The van der Waals surface area contributed by atoms with Crippen molar-refractivity contribution in [2.75, 3.05) is 6.26 Å². The summed E-state index contributed by atoms with van der Waals surface area (Å²) in [6, 6.07) is 24.8. The van der Waals surface area contributed by atoms with Gasteiger partial charge in [0.05, 0.1) is 11.1 Å². The molecule has 0 aliphatic rings. The minimum absolute atomic E-state index is 0.302. The van der Waals surface area contributed by atoms with Gasteiger partial charge in [0.25, 0.3) is 0 Å². The first-order chi connectivity index (χ1) is 15.5. The third-order valence-electron chi connectivity index (χ3n) is 5.13. The van der Waals surface area contributed by atoms with E-state index in [1.54, 1.807) is 24.4 Å². The van der Waals surface area contributed by atoms with Gasteiger partial charge in [-0.25, -0.2) is 18.4 Å². The quantitative estimate of drug-likeness (QED) is 0.372. The van der Waals surface area contributed by atoms with Gasteiger partial charge in [-0.3, -0.25) is 4.57 Å². The van der Waals surface area contributed by atoms with Crippen LogP contribution < -0.4 is 0 Å². The van der Waals surface area contributed by atoms with Crippen molar-refractivity contribution in [2.24, 2.45) is 0 Å². The molecule has 2 heterocycles. The van der Waals surface area contributed by atoms with Crippen molar-refractivity contribution in [1.29, 1.82) is 0 Å². The van der Waals surface area contributed by atoms with Crippen molar-refractivity contribution in [3.05, 3.63) is 97.5 Å². The highest BCUT2D eigenvalue weighted by atomic mass is 32.2. The van der Waals surface area contributed by atoms with E-state index in [2.05, 4.69) is 4.98 Å². The van der Waals surface area contributed by atoms with Crippen LogP contribution in [0, 0.1) is 0 Å². The van der Waals surface area contributed by atoms with Crippen LogP contribution in [0.1, 0.15) is 0 Å². The predicted octanol–water partition coefficient (Wildman–Crippen LogP) is 5.26. The number of nitrogens with zero attached hydrogens (tertiary/aromatic N) is 3. The molecule has 7 heteroatoms. The van der Waals surface area contributed by atoms with E-state index in [9.17, 15) is 8.42 Å². The summed E-state index contributed by atoms with van der Waals surface area (Å²) in [6.45, 7) is 0. The lowest BCUT2D eigenvalue weighted by Gasteiger charge is -2.10. The van der Waals surface area contributed by atoms with Crippen LogP contribution in [0.5, 0.6) is 0 Å². The van der Waals surface area contributed by atoms with Gasteiger partial charge in [-0.1, -0.05) is 54.6 Å². The molecule has 0 bridgehead atoms. The Morgan fingerprint density at radius 3 is 2.28 bits per heavy atom. The predicted molar refractivity (Wildman–Crippen MR) is 123 cm³/mol. The van der Waals surface area contributed by atoms with E-state index < -0.39 is 9.84 Å². The summed E-state index contributed by atoms with van der Waals surface area (Å²) >= 11 is 0. The zero-order chi connectivity index (χ0) is 22.1. The maximum Gasteiger partial charge on any atom is 0.246 e. The molecule has 0 spiro atoms. The van der Waals surface area contributed by atoms with E-state index in [0.29, 0.717) is 16.5 Å². The standard InChI is InChI=1S/C25H19N3O3S/c1-32(29,30)22-9-5-8-20(16-22)18-10-12-21(13-11-18)28-17-23(25-26-14-15-31-25)27-24(28)19-6-3-2-4-7-19/h2-17H,1H3. The normalized spacial score (nSPS) is 11.5. The first-order valence-corrected chi connectivity index (χ1v) is 11.8. The Labute approximate surface area is 185 Å². The van der Waals surface area contributed by atoms with Crippen molar-refractivity contribution in [2.45, 2.75) is 4.90 Å². The molecular weight excluding hydrogens is 422 g/mol. The van der Waals surface area contributed by atoms with Gasteiger partial charge in [-0.2, -0.15) is 0 Å². The first kappa shape index (κ1) is 20.0. The Hall–Kier alpha value is -3.97. The molecule has 0 unspecified atom stereocenters. The highest BCUT2D eigenvalue weighted by Gasteiger charge is 2.16. The number of sulfone groups is 1. The monoisotopic (exact) mass is 441 g/mol. The highest BCUT2D eigenvalue weighted by molar-refractivity contribution is 7.90. The molecular formula is C25H19N3O3S. The lowest BCUT2D eigenvalue weighted by Crippen LogP contribution is -1.97. The van der Waals surface area contributed by atoms with E-state index in [-0.39, 0.29) is 0 Å². The van der Waals surface area contributed by atoms with Gasteiger partial charge in [-0.15, -0.1) is 0 Å². The van der Waals surface area contributed by atoms with Crippen LogP contribution in [-0.4, -0.2) is 29.2 Å². The Morgan fingerprint density at radius 2 is 1.59 bits per heavy atom. The first-order valence-electron chi connectivity index (χ1n) is 9.95. The van der Waals surface area contributed by atoms with E-state index in [1.165, 1.54) is 12.5 Å². The van der Waals surface area contributed by atoms with Crippen molar-refractivity contribution in [1.82, 2.24) is 14.5 Å². The van der Waals surface area contributed by atoms with Crippen LogP contribution in [-0.2, 0) is 9.84 Å². The second kappa shape index (κ2) is 7.94. The fourth-order valence-corrected chi connectivity index (χ4v) is 4.21. The summed E-state index contributed by atoms with van der Waals surface area (Å²) in [5, 5.41) is 0. The Bertz CT molecular complexity index is 1470. The molecule has 32 heavy (non-hydrogen) atoms. The topological polar surface area (TPSA) is 78.0 Å². The molecule has 158 valence electrons. The van der Waals surface area contributed by atoms with Crippen LogP contribution >= 0.6 is 0 Å². The molecule has 6 nitrogen and oxygen atoms in total. The minimum atomic E-state index is -3.27. The summed E-state index contributed by atoms with van der Waals surface area (Å²) in [5.41, 5.74) is 4.29. The van der Waals surface area contributed by atoms with Crippen molar-refractivity contribution in [3.63, 3.8) is 0 Å². The maximum absolute atomic E-state index is 11.9. The highest BCUT2D eigenvalue weighted by Crippen LogP contribution is 2.29. The fraction of sp³-hybridized carbons (Fsp3) is 0.0400. The van der Waals surface area contributed by atoms with Gasteiger partial charge in [-0.05, 0) is 35.4 Å². The van der Waals surface area contributed by atoms with Crippen molar-refractivity contribution >= 4 is 9.84 Å². The Balaban J connectivity index is 1.57. The van der Waals surface area contributed by atoms with E-state index >= 15 is 0 Å². The molecule has 0 atom stereocenters. The summed E-state index contributed by atoms with van der Waals surface area (Å²) in [7, 11) is -3.27. The molecule has 0 saturated carbocycles. The fourth-order valence-electron chi connectivity index (χ4n) is 3.54. The maximum atomic E-state index is 11.9. The van der Waals surface area contributed by atoms with E-state index in [0.717, 1.165) is 28.2 Å². The van der Waals surface area contributed by atoms with Crippen LogP contribution in [0.3, 0.4) is 0 Å². The molecule has 0 aliphatic carbocycles. The molecule has 5 rings (SSSR count). The van der Waals surface area contributed by atoms with Crippen LogP contribution in [0.15, 0.2) is 107 Å². The van der Waals surface area contributed by atoms with Crippen LogP contribution in [0.4, 0.5) is 0 Å². The van der Waals surface area contributed by atoms with E-state index in [1.807, 2.05) is 71.4 Å². The second-order valence-corrected chi connectivity index (χ2v) is 9.39. The summed E-state index contributed by atoms with van der Waals surface area (Å²) in [6.07, 6.45) is 6.23. The van der Waals surface area contributed by atoms with Crippen LogP contribution in [0.2, 0.25) is 0 Å². The number of rotatable bonds is 5. The Morgan fingerprint density at radius 1 is 0.844 bits per heavy atom. The number of hydrogen-bond donors (Lipinski definition) is 0. The van der Waals surface area contributed by atoms with Gasteiger partial charge in [0.1, 0.15) is 17.8 Å². The summed E-state index contributed by atoms with van der Waals surface area (Å²) in [5.74, 6) is 1.22. The molecule has 0 amide bonds. The summed E-state index contributed by atoms with van der Waals surface area (Å²) < 4.78 is 31.2. The van der Waals surface area contributed by atoms with Gasteiger partial charge < -0.3 is 4.42 Å². The molecule has 2 aromatic heterocycles. The zero-order valence-electron chi connectivity index (χ0n) is 17.2. The number of aromatic nitrogens is 3. The molecule has 3 aromatic carbocycles. The molecule has 0 radical (unpaired) electrons. The van der Waals surface area contributed by atoms with Crippen molar-refractivity contribution in [3.8, 4) is 39.8 Å². The molecule has 0 saturated heterocycles. The van der Waals surface area contributed by atoms with Gasteiger partial charge in [0.2, 0.25) is 5.89 Å². The SMILES string of the molecule is CS(=O)(=O)c1cccc(-c2ccc(-n3cc(-c4ncco4)nc3-c3ccccc3)cc2)c1. The third-order valence-corrected chi connectivity index (χ3v) is 6.24. The lowest BCUT2D eigenvalue weighted by molar-refractivity contribution is 0.572. The largest absolute Gasteiger partial charge is 0.443 e. The average Bonchev–Trinajstić information content (AvgIpc) is 3.50. The summed E-state index contributed by atoms with van der Waals surface area (Å²) in [4.78, 5) is 9.28. The lowest BCUT2D eigenvalue weighted by atomic mass is 10.1. The van der Waals surface area contributed by atoms with E-state index in [4.69, 9.17) is 9.40 Å². The molecule has 0 fully saturated rings. The number of benzene rings is 3. The third kappa shape index (κ3) is 3.86. The van der Waals surface area contributed by atoms with Crippen molar-refractivity contribution < 1.29 is 12.8 Å². The van der Waals surface area contributed by atoms with Crippen LogP contribution in [0.25, 0.3) is 39.8 Å². The number of oxazole rings is 1. The molecule has 0 aliphatic heterocycles. The number of hydrogen-bond acceptors (Lipinski definition) is 5. The molecule has 0 N–H and O–H groups in total. The minimum Gasteiger partial charge on any atom is -0.443 e. The smallest absolute Gasteiger partial charge is 0.246 e. The Kier molecular flexibility index (Phi) is 4.95. The van der Waals surface area contributed by atoms with Gasteiger partial charge >= 0.3 is 0 Å². The zero-order valence-corrected chi connectivity index (χ0v) is 18.0. The van der Waals surface area contributed by atoms with Gasteiger partial charge in [0.15, 0.2) is 9.84 Å². The second-order valence-electron chi connectivity index (χ2n) is 7.37. The number of imidazole rings is 1. The van der Waals surface area contributed by atoms with Gasteiger partial charge in [0, 0.05) is 23.7 Å². The average molecular weight is 442 g/mol.